The largest absolute Gasteiger partial charge is 0.469 e. The maximum absolute atomic E-state index is 11.8. The Bertz CT molecular complexity index is 304. The molecule has 1 N–H and O–H groups in total. The smallest absolute Gasteiger partial charge is 0.310 e. The number of piperidine rings is 1. The number of carbonyl (C=O) groups excluding carboxylic acids is 2. The van der Waals surface area contributed by atoms with Gasteiger partial charge in [-0.3, -0.25) is 9.59 Å². The predicted octanol–water partition coefficient (Wildman–Crippen LogP) is 0.539. The van der Waals surface area contributed by atoms with Crippen LogP contribution in [0.1, 0.15) is 32.6 Å². The van der Waals surface area contributed by atoms with E-state index in [1.165, 1.54) is 20.0 Å². The molecule has 2 aliphatic rings. The van der Waals surface area contributed by atoms with Gasteiger partial charge in [-0.2, -0.15) is 0 Å². The van der Waals surface area contributed by atoms with E-state index in [0.717, 1.165) is 13.0 Å². The van der Waals surface area contributed by atoms with Gasteiger partial charge < -0.3 is 15.0 Å². The number of nitrogens with zero attached hydrogens (tertiary/aromatic N) is 1. The van der Waals surface area contributed by atoms with Crippen molar-refractivity contribution in [1.82, 2.24) is 10.2 Å². The standard InChI is InChI=1S/C13H22N2O3/c1-3-12(16)15-7-9(13(17)18-2)6-11(8-15)14-10-4-5-10/h9-11,14H,3-8H2,1-2H3. The second-order valence-corrected chi connectivity index (χ2v) is 5.25. The summed E-state index contributed by atoms with van der Waals surface area (Å²) in [5.74, 6) is -0.270. The van der Waals surface area contributed by atoms with Crippen LogP contribution in [0.5, 0.6) is 0 Å². The van der Waals surface area contributed by atoms with Crippen LogP contribution < -0.4 is 5.32 Å². The molecule has 2 rings (SSSR count). The molecule has 2 atom stereocenters. The lowest BCUT2D eigenvalue weighted by Crippen LogP contribution is -2.53. The second kappa shape index (κ2) is 5.69. The van der Waals surface area contributed by atoms with Crippen molar-refractivity contribution >= 4 is 11.9 Å². The van der Waals surface area contributed by atoms with E-state index < -0.39 is 0 Å². The molecule has 0 spiro atoms. The first kappa shape index (κ1) is 13.3. The van der Waals surface area contributed by atoms with Crippen molar-refractivity contribution in [2.45, 2.75) is 44.7 Å². The summed E-state index contributed by atoms with van der Waals surface area (Å²) < 4.78 is 4.82. The molecule has 5 nitrogen and oxygen atoms in total. The average molecular weight is 254 g/mol. The monoisotopic (exact) mass is 254 g/mol. The first-order valence-corrected chi connectivity index (χ1v) is 6.75. The number of nitrogens with one attached hydrogen (secondary N) is 1. The summed E-state index contributed by atoms with van der Waals surface area (Å²) in [5, 5.41) is 3.51. The van der Waals surface area contributed by atoms with Gasteiger partial charge >= 0.3 is 5.97 Å². The highest BCUT2D eigenvalue weighted by atomic mass is 16.5. The Balaban J connectivity index is 1.98. The maximum Gasteiger partial charge on any atom is 0.310 e. The third-order valence-electron chi connectivity index (χ3n) is 3.69. The number of likely N-dealkylation sites (tertiary alicyclic amines) is 1. The number of hydrogen-bond acceptors (Lipinski definition) is 4. The quantitative estimate of drug-likeness (QED) is 0.744. The molecule has 1 saturated carbocycles. The fraction of sp³-hybridized carbons (Fsp3) is 0.846. The van der Waals surface area contributed by atoms with E-state index in [9.17, 15) is 9.59 Å². The van der Waals surface area contributed by atoms with E-state index in [4.69, 9.17) is 4.74 Å². The highest BCUT2D eigenvalue weighted by molar-refractivity contribution is 5.78. The van der Waals surface area contributed by atoms with Gasteiger partial charge in [-0.1, -0.05) is 6.92 Å². The zero-order chi connectivity index (χ0) is 13.1. The third kappa shape index (κ3) is 3.22. The van der Waals surface area contributed by atoms with Gasteiger partial charge in [0.15, 0.2) is 0 Å². The predicted molar refractivity (Wildman–Crippen MR) is 66.9 cm³/mol. The molecule has 1 amide bonds. The number of esters is 1. The van der Waals surface area contributed by atoms with Gasteiger partial charge in [0.1, 0.15) is 0 Å². The lowest BCUT2D eigenvalue weighted by atomic mass is 9.94. The van der Waals surface area contributed by atoms with Crippen LogP contribution in [0, 0.1) is 5.92 Å². The average Bonchev–Trinajstić information content (AvgIpc) is 3.20. The lowest BCUT2D eigenvalue weighted by Gasteiger charge is -2.37. The minimum absolute atomic E-state index is 0.117. The van der Waals surface area contributed by atoms with Crippen LogP contribution in [0.15, 0.2) is 0 Å². The molecule has 0 aromatic carbocycles. The summed E-state index contributed by atoms with van der Waals surface area (Å²) in [6.07, 6.45) is 3.68. The number of methoxy groups -OCH3 is 1. The van der Waals surface area contributed by atoms with Crippen molar-refractivity contribution in [3.05, 3.63) is 0 Å². The molecule has 0 aromatic rings. The Morgan fingerprint density at radius 2 is 2.00 bits per heavy atom. The highest BCUT2D eigenvalue weighted by Crippen LogP contribution is 2.24. The SMILES string of the molecule is CCC(=O)N1CC(NC2CC2)CC(C(=O)OC)C1. The Kier molecular flexibility index (Phi) is 4.22. The maximum atomic E-state index is 11.8. The van der Waals surface area contributed by atoms with Crippen molar-refractivity contribution < 1.29 is 14.3 Å². The Hall–Kier alpha value is -1.10. The van der Waals surface area contributed by atoms with Gasteiger partial charge in [0, 0.05) is 31.6 Å². The molecule has 5 heteroatoms. The van der Waals surface area contributed by atoms with Crippen molar-refractivity contribution in [3.8, 4) is 0 Å². The summed E-state index contributed by atoms with van der Waals surface area (Å²) in [5.41, 5.74) is 0. The molecule has 1 aliphatic heterocycles. The van der Waals surface area contributed by atoms with Crippen molar-refractivity contribution in [1.29, 1.82) is 0 Å². The summed E-state index contributed by atoms with van der Waals surface area (Å²) in [6.45, 7) is 3.08. The fourth-order valence-electron chi connectivity index (χ4n) is 2.57. The molecule has 1 aliphatic carbocycles. The number of hydrogen-bond donors (Lipinski definition) is 1. The fourth-order valence-corrected chi connectivity index (χ4v) is 2.57. The van der Waals surface area contributed by atoms with E-state index in [0.29, 0.717) is 19.0 Å². The third-order valence-corrected chi connectivity index (χ3v) is 3.69. The molecule has 1 heterocycles. The highest BCUT2D eigenvalue weighted by Gasteiger charge is 2.36. The Labute approximate surface area is 108 Å². The zero-order valence-corrected chi connectivity index (χ0v) is 11.1. The molecular weight excluding hydrogens is 232 g/mol. The first-order valence-electron chi connectivity index (χ1n) is 6.75. The number of rotatable bonds is 4. The van der Waals surface area contributed by atoms with Crippen LogP contribution in [0.25, 0.3) is 0 Å². The molecule has 0 bridgehead atoms. The number of amides is 1. The molecule has 0 radical (unpaired) electrons. The van der Waals surface area contributed by atoms with Crippen LogP contribution in [0.3, 0.4) is 0 Å². The summed E-state index contributed by atoms with van der Waals surface area (Å²) in [7, 11) is 1.41. The number of carbonyl (C=O) groups is 2. The van der Waals surface area contributed by atoms with Crippen LogP contribution >= 0.6 is 0 Å². The van der Waals surface area contributed by atoms with Gasteiger partial charge in [0.25, 0.3) is 0 Å². The Morgan fingerprint density at radius 3 is 2.56 bits per heavy atom. The normalized spacial score (nSPS) is 28.0. The summed E-state index contributed by atoms with van der Waals surface area (Å²) >= 11 is 0. The molecule has 2 unspecified atom stereocenters. The van der Waals surface area contributed by atoms with Gasteiger partial charge in [0.2, 0.25) is 5.91 Å². The molecule has 102 valence electrons. The van der Waals surface area contributed by atoms with Crippen molar-refractivity contribution in [3.63, 3.8) is 0 Å². The van der Waals surface area contributed by atoms with E-state index in [1.807, 2.05) is 6.92 Å². The topological polar surface area (TPSA) is 58.6 Å². The molecule has 1 saturated heterocycles. The van der Waals surface area contributed by atoms with E-state index in [2.05, 4.69) is 5.32 Å². The molecule has 0 aromatic heterocycles. The van der Waals surface area contributed by atoms with Crippen LogP contribution in [0.2, 0.25) is 0 Å². The van der Waals surface area contributed by atoms with Crippen molar-refractivity contribution in [2.75, 3.05) is 20.2 Å². The second-order valence-electron chi connectivity index (χ2n) is 5.25. The van der Waals surface area contributed by atoms with Crippen molar-refractivity contribution in [2.24, 2.45) is 5.92 Å². The van der Waals surface area contributed by atoms with Gasteiger partial charge in [-0.15, -0.1) is 0 Å². The minimum Gasteiger partial charge on any atom is -0.469 e. The van der Waals surface area contributed by atoms with Crippen LogP contribution in [-0.4, -0.2) is 49.1 Å². The molecule has 18 heavy (non-hydrogen) atoms. The molecule has 2 fully saturated rings. The number of ether oxygens (including phenoxy) is 1. The van der Waals surface area contributed by atoms with Gasteiger partial charge in [-0.25, -0.2) is 0 Å². The van der Waals surface area contributed by atoms with E-state index >= 15 is 0 Å². The minimum atomic E-state index is -0.203. The van der Waals surface area contributed by atoms with Crippen LogP contribution in [-0.2, 0) is 14.3 Å². The first-order chi connectivity index (χ1) is 8.63. The lowest BCUT2D eigenvalue weighted by molar-refractivity contribution is -0.149. The zero-order valence-electron chi connectivity index (χ0n) is 11.1. The van der Waals surface area contributed by atoms with Crippen LogP contribution in [0.4, 0.5) is 0 Å². The molecular formula is C13H22N2O3. The summed E-state index contributed by atoms with van der Waals surface area (Å²) in [4.78, 5) is 25.3. The van der Waals surface area contributed by atoms with E-state index in [-0.39, 0.29) is 23.8 Å². The van der Waals surface area contributed by atoms with E-state index in [1.54, 1.807) is 4.90 Å². The van der Waals surface area contributed by atoms with Gasteiger partial charge in [0.05, 0.1) is 13.0 Å². The van der Waals surface area contributed by atoms with Gasteiger partial charge in [-0.05, 0) is 19.3 Å². The Morgan fingerprint density at radius 1 is 1.28 bits per heavy atom. The summed E-state index contributed by atoms with van der Waals surface area (Å²) in [6, 6.07) is 0.816.